The molecule has 1 aromatic rings. The van der Waals surface area contributed by atoms with E-state index in [-0.39, 0.29) is 24.3 Å². The van der Waals surface area contributed by atoms with Crippen molar-refractivity contribution < 1.29 is 19.4 Å². The van der Waals surface area contributed by atoms with Crippen molar-refractivity contribution in [1.29, 1.82) is 0 Å². The molecule has 2 unspecified atom stereocenters. The monoisotopic (exact) mass is 446 g/mol. The highest BCUT2D eigenvalue weighted by Gasteiger charge is 2.32. The maximum absolute atomic E-state index is 12.4. The lowest BCUT2D eigenvalue weighted by molar-refractivity contribution is -0.139. The average molecular weight is 447 g/mol. The number of carbonyl (C=O) groups is 2. The van der Waals surface area contributed by atoms with Crippen molar-refractivity contribution in [2.45, 2.75) is 26.2 Å². The second-order valence-electron chi connectivity index (χ2n) is 8.75. The van der Waals surface area contributed by atoms with E-state index in [4.69, 9.17) is 4.74 Å². The molecule has 2 amide bonds. The predicted molar refractivity (Wildman–Crippen MR) is 125 cm³/mol. The van der Waals surface area contributed by atoms with Crippen LogP contribution in [0.5, 0.6) is 0 Å². The molecular formula is C24H38N4O4. The van der Waals surface area contributed by atoms with E-state index in [1.165, 1.54) is 5.69 Å². The maximum Gasteiger partial charge on any atom is 0.317 e. The maximum atomic E-state index is 12.4. The fourth-order valence-electron chi connectivity index (χ4n) is 4.77. The number of anilines is 1. The molecule has 32 heavy (non-hydrogen) atoms. The number of likely N-dealkylation sites (tertiary alicyclic amines) is 1. The minimum Gasteiger partial charge on any atom is -0.481 e. The predicted octanol–water partition coefficient (Wildman–Crippen LogP) is 2.36. The van der Waals surface area contributed by atoms with Crippen LogP contribution in [-0.2, 0) is 9.53 Å². The summed E-state index contributed by atoms with van der Waals surface area (Å²) in [4.78, 5) is 30.5. The Morgan fingerprint density at radius 2 is 1.88 bits per heavy atom. The third-order valence-electron chi connectivity index (χ3n) is 6.62. The lowest BCUT2D eigenvalue weighted by Gasteiger charge is -2.39. The van der Waals surface area contributed by atoms with Gasteiger partial charge in [0.25, 0.3) is 0 Å². The number of hydrogen-bond acceptors (Lipinski definition) is 5. The van der Waals surface area contributed by atoms with Crippen LogP contribution >= 0.6 is 0 Å². The number of urea groups is 1. The molecule has 0 radical (unpaired) electrons. The molecule has 3 rings (SSSR count). The number of benzene rings is 1. The summed E-state index contributed by atoms with van der Waals surface area (Å²) in [6.45, 7) is 10.0. The zero-order chi connectivity index (χ0) is 22.8. The molecule has 0 saturated carbocycles. The molecule has 2 aliphatic rings. The number of amides is 2. The van der Waals surface area contributed by atoms with Crippen LogP contribution < -0.4 is 10.2 Å². The van der Waals surface area contributed by atoms with Crippen LogP contribution in [0, 0.1) is 11.8 Å². The Morgan fingerprint density at radius 3 is 2.56 bits per heavy atom. The lowest BCUT2D eigenvalue weighted by Crippen LogP contribution is -2.49. The summed E-state index contributed by atoms with van der Waals surface area (Å²) in [7, 11) is 0. The highest BCUT2D eigenvalue weighted by Crippen LogP contribution is 2.30. The van der Waals surface area contributed by atoms with E-state index in [0.29, 0.717) is 19.6 Å². The van der Waals surface area contributed by atoms with E-state index in [2.05, 4.69) is 39.4 Å². The molecule has 178 valence electrons. The highest BCUT2D eigenvalue weighted by atomic mass is 16.5. The summed E-state index contributed by atoms with van der Waals surface area (Å²) in [5, 5.41) is 12.3. The van der Waals surface area contributed by atoms with Crippen LogP contribution in [0.15, 0.2) is 30.3 Å². The number of carbonyl (C=O) groups excluding carboxylic acids is 1. The molecule has 0 aliphatic carbocycles. The molecular weight excluding hydrogens is 408 g/mol. The molecule has 8 heteroatoms. The molecule has 0 spiro atoms. The summed E-state index contributed by atoms with van der Waals surface area (Å²) in [5.74, 6) is -0.467. The topological polar surface area (TPSA) is 85.3 Å². The summed E-state index contributed by atoms with van der Waals surface area (Å²) in [6.07, 6.45) is 1.78. The van der Waals surface area contributed by atoms with Crippen molar-refractivity contribution >= 4 is 17.7 Å². The number of carboxylic acid groups (broad SMARTS) is 1. The summed E-state index contributed by atoms with van der Waals surface area (Å²) in [6, 6.07) is 10.4. The van der Waals surface area contributed by atoms with Gasteiger partial charge in [-0.15, -0.1) is 0 Å². The van der Waals surface area contributed by atoms with Crippen LogP contribution in [0.1, 0.15) is 26.2 Å². The van der Waals surface area contributed by atoms with Crippen LogP contribution in [-0.4, -0.2) is 92.5 Å². The number of nitrogens with zero attached hydrogens (tertiary/aromatic N) is 3. The number of carboxylic acids is 1. The number of ether oxygens (including phenoxy) is 1. The second kappa shape index (κ2) is 12.6. The quantitative estimate of drug-likeness (QED) is 0.574. The first-order valence-electron chi connectivity index (χ1n) is 11.9. The lowest BCUT2D eigenvalue weighted by atomic mass is 9.81. The van der Waals surface area contributed by atoms with Gasteiger partial charge in [0.2, 0.25) is 0 Å². The molecule has 2 N–H and O–H groups in total. The van der Waals surface area contributed by atoms with Gasteiger partial charge in [-0.1, -0.05) is 18.2 Å². The SMILES string of the molecule is CCNC(=O)N1CCC(CC(=O)O)C(CCN(CCN2CCOCC2)c2ccccc2)C1. The first kappa shape index (κ1) is 24.3. The molecule has 0 aromatic heterocycles. The van der Waals surface area contributed by atoms with Gasteiger partial charge in [-0.3, -0.25) is 9.69 Å². The Morgan fingerprint density at radius 1 is 1.12 bits per heavy atom. The van der Waals surface area contributed by atoms with Crippen molar-refractivity contribution in [3.8, 4) is 0 Å². The average Bonchev–Trinajstić information content (AvgIpc) is 2.81. The minimum atomic E-state index is -0.751. The summed E-state index contributed by atoms with van der Waals surface area (Å²) >= 11 is 0. The van der Waals surface area contributed by atoms with Crippen molar-refractivity contribution in [2.24, 2.45) is 11.8 Å². The van der Waals surface area contributed by atoms with E-state index in [9.17, 15) is 14.7 Å². The highest BCUT2D eigenvalue weighted by molar-refractivity contribution is 5.74. The standard InChI is InChI=1S/C24H38N4O4/c1-2-25-24(31)28-11-8-20(18-23(29)30)21(19-28)9-10-27(22-6-4-3-5-7-22)13-12-26-14-16-32-17-15-26/h3-7,20-21H,2,8-19H2,1H3,(H,25,31)(H,29,30). The molecule has 8 nitrogen and oxygen atoms in total. The first-order valence-corrected chi connectivity index (χ1v) is 11.9. The van der Waals surface area contributed by atoms with Crippen molar-refractivity contribution in [3.63, 3.8) is 0 Å². The number of piperidine rings is 1. The molecule has 2 aliphatic heterocycles. The van der Waals surface area contributed by atoms with Gasteiger partial charge in [-0.25, -0.2) is 4.79 Å². The Balaban J connectivity index is 1.64. The van der Waals surface area contributed by atoms with E-state index in [0.717, 1.165) is 58.8 Å². The smallest absolute Gasteiger partial charge is 0.317 e. The Hall–Kier alpha value is -2.32. The van der Waals surface area contributed by atoms with Crippen molar-refractivity contribution in [1.82, 2.24) is 15.1 Å². The second-order valence-corrected chi connectivity index (χ2v) is 8.75. The Kier molecular flexibility index (Phi) is 9.62. The van der Waals surface area contributed by atoms with Gasteiger partial charge in [0.05, 0.1) is 13.2 Å². The molecule has 2 saturated heterocycles. The van der Waals surface area contributed by atoms with Gasteiger partial charge in [0.1, 0.15) is 0 Å². The van der Waals surface area contributed by atoms with Gasteiger partial charge in [-0.05, 0) is 43.7 Å². The fourth-order valence-corrected chi connectivity index (χ4v) is 4.77. The minimum absolute atomic E-state index is 0.0430. The number of hydrogen-bond donors (Lipinski definition) is 2. The van der Waals surface area contributed by atoms with Crippen LogP contribution in [0.3, 0.4) is 0 Å². The number of nitrogens with one attached hydrogen (secondary N) is 1. The van der Waals surface area contributed by atoms with Crippen molar-refractivity contribution in [2.75, 3.05) is 70.5 Å². The van der Waals surface area contributed by atoms with Gasteiger partial charge >= 0.3 is 12.0 Å². The number of morpholine rings is 1. The zero-order valence-corrected chi connectivity index (χ0v) is 19.2. The van der Waals surface area contributed by atoms with E-state index < -0.39 is 5.97 Å². The summed E-state index contributed by atoms with van der Waals surface area (Å²) in [5.41, 5.74) is 1.19. The summed E-state index contributed by atoms with van der Waals surface area (Å²) < 4.78 is 5.47. The largest absolute Gasteiger partial charge is 0.481 e. The van der Waals surface area contributed by atoms with E-state index >= 15 is 0 Å². The van der Waals surface area contributed by atoms with E-state index in [1.807, 2.05) is 17.9 Å². The molecule has 1 aromatic carbocycles. The Bertz CT molecular complexity index is 711. The van der Waals surface area contributed by atoms with Gasteiger partial charge in [0.15, 0.2) is 0 Å². The molecule has 2 fully saturated rings. The number of aliphatic carboxylic acids is 1. The molecule has 2 atom stereocenters. The fraction of sp³-hybridized carbons (Fsp3) is 0.667. The normalized spacial score (nSPS) is 21.8. The van der Waals surface area contributed by atoms with Gasteiger partial charge in [-0.2, -0.15) is 0 Å². The van der Waals surface area contributed by atoms with Gasteiger partial charge < -0.3 is 25.0 Å². The van der Waals surface area contributed by atoms with Gasteiger partial charge in [0, 0.05) is 64.5 Å². The van der Waals surface area contributed by atoms with Crippen LogP contribution in [0.2, 0.25) is 0 Å². The van der Waals surface area contributed by atoms with Crippen LogP contribution in [0.25, 0.3) is 0 Å². The molecule has 0 bridgehead atoms. The third-order valence-corrected chi connectivity index (χ3v) is 6.62. The zero-order valence-electron chi connectivity index (χ0n) is 19.2. The van der Waals surface area contributed by atoms with Crippen LogP contribution in [0.4, 0.5) is 10.5 Å². The molecule has 2 heterocycles. The number of para-hydroxylation sites is 1. The van der Waals surface area contributed by atoms with E-state index in [1.54, 1.807) is 0 Å². The third kappa shape index (κ3) is 7.38. The number of rotatable bonds is 10. The van der Waals surface area contributed by atoms with Crippen molar-refractivity contribution in [3.05, 3.63) is 30.3 Å². The Labute approximate surface area is 191 Å². The first-order chi connectivity index (χ1) is 15.6.